The molecular weight excluding hydrogens is 364 g/mol. The SMILES string of the molecule is C#C[C@@H]1C[C@@H]2CC[C@H]3[C@@H](CC[C@]4(C)[C@@H](OC(C)=O)CC[C@@H]34)[C@@]2(C)C[C@@H]1OC(C)=O. The zero-order valence-corrected chi connectivity index (χ0v) is 18.4. The van der Waals surface area contributed by atoms with Crippen LogP contribution >= 0.6 is 0 Å². The van der Waals surface area contributed by atoms with E-state index in [-0.39, 0.29) is 40.9 Å². The smallest absolute Gasteiger partial charge is 0.302 e. The van der Waals surface area contributed by atoms with Gasteiger partial charge in [0.2, 0.25) is 0 Å². The number of rotatable bonds is 2. The highest BCUT2D eigenvalue weighted by atomic mass is 16.5. The lowest BCUT2D eigenvalue weighted by Gasteiger charge is -2.61. The van der Waals surface area contributed by atoms with Gasteiger partial charge in [-0.25, -0.2) is 0 Å². The Bertz CT molecular complexity index is 723. The molecule has 4 fully saturated rings. The average molecular weight is 401 g/mol. The molecule has 0 aromatic rings. The molecule has 0 aliphatic heterocycles. The molecule has 0 saturated heterocycles. The molecule has 0 N–H and O–H groups in total. The van der Waals surface area contributed by atoms with E-state index in [1.54, 1.807) is 0 Å². The van der Waals surface area contributed by atoms with E-state index in [4.69, 9.17) is 15.9 Å². The number of fused-ring (bicyclic) bond motifs is 5. The molecule has 29 heavy (non-hydrogen) atoms. The number of hydrogen-bond acceptors (Lipinski definition) is 4. The van der Waals surface area contributed by atoms with Crippen LogP contribution in [0.1, 0.15) is 79.1 Å². The summed E-state index contributed by atoms with van der Waals surface area (Å²) < 4.78 is 11.5. The number of esters is 2. The third kappa shape index (κ3) is 3.29. The molecular formula is C25H36O4. The lowest BCUT2D eigenvalue weighted by Crippen LogP contribution is -2.56. The molecule has 4 nitrogen and oxygen atoms in total. The van der Waals surface area contributed by atoms with Crippen molar-refractivity contribution in [2.45, 2.75) is 91.3 Å². The lowest BCUT2D eigenvalue weighted by atomic mass is 9.44. The second-order valence-corrected chi connectivity index (χ2v) is 10.7. The molecule has 4 heteroatoms. The standard InChI is InChI=1S/C25H36O4/c1-6-17-13-18-7-8-19-20-9-10-23(29-16(3)27)24(20,4)12-11-21(19)25(18,5)14-22(17)28-15(2)26/h1,17-23H,7-14H2,2-5H3/t17-,18+,19-,20+,21-,22+,23+,24+,25+/m1/s1. The molecule has 0 amide bonds. The van der Waals surface area contributed by atoms with Gasteiger partial charge in [-0.1, -0.05) is 19.8 Å². The van der Waals surface area contributed by atoms with Gasteiger partial charge >= 0.3 is 11.9 Å². The normalized spacial score (nSPS) is 48.4. The van der Waals surface area contributed by atoms with Gasteiger partial charge in [0, 0.05) is 19.3 Å². The van der Waals surface area contributed by atoms with Crippen molar-refractivity contribution in [2.24, 2.45) is 40.4 Å². The third-order valence-corrected chi connectivity index (χ3v) is 9.45. The molecule has 0 radical (unpaired) electrons. The summed E-state index contributed by atoms with van der Waals surface area (Å²) in [7, 11) is 0. The Balaban J connectivity index is 1.58. The first-order chi connectivity index (χ1) is 13.7. The van der Waals surface area contributed by atoms with Crippen LogP contribution in [0.15, 0.2) is 0 Å². The van der Waals surface area contributed by atoms with Crippen molar-refractivity contribution in [2.75, 3.05) is 0 Å². The molecule has 4 aliphatic rings. The van der Waals surface area contributed by atoms with Crippen molar-refractivity contribution in [3.63, 3.8) is 0 Å². The van der Waals surface area contributed by atoms with Crippen LogP contribution in [0.4, 0.5) is 0 Å². The third-order valence-electron chi connectivity index (χ3n) is 9.45. The molecule has 0 bridgehead atoms. The van der Waals surface area contributed by atoms with E-state index in [0.717, 1.165) is 32.1 Å². The van der Waals surface area contributed by atoms with E-state index < -0.39 is 0 Å². The van der Waals surface area contributed by atoms with Crippen LogP contribution in [-0.2, 0) is 19.1 Å². The second kappa shape index (κ2) is 7.33. The van der Waals surface area contributed by atoms with Gasteiger partial charge in [0.1, 0.15) is 12.2 Å². The second-order valence-electron chi connectivity index (χ2n) is 10.7. The minimum absolute atomic E-state index is 0.0437. The average Bonchev–Trinajstić information content (AvgIpc) is 2.96. The van der Waals surface area contributed by atoms with Gasteiger partial charge in [0.25, 0.3) is 0 Å². The van der Waals surface area contributed by atoms with Crippen LogP contribution in [0.5, 0.6) is 0 Å². The molecule has 0 unspecified atom stereocenters. The maximum atomic E-state index is 11.7. The summed E-state index contributed by atoms with van der Waals surface area (Å²) >= 11 is 0. The Morgan fingerprint density at radius 2 is 1.62 bits per heavy atom. The van der Waals surface area contributed by atoms with Crippen LogP contribution in [0.25, 0.3) is 0 Å². The van der Waals surface area contributed by atoms with E-state index in [2.05, 4.69) is 19.8 Å². The van der Waals surface area contributed by atoms with Crippen LogP contribution in [0.3, 0.4) is 0 Å². The zero-order chi connectivity index (χ0) is 21.0. The van der Waals surface area contributed by atoms with E-state index in [1.165, 1.54) is 33.1 Å². The highest BCUT2D eigenvalue weighted by Gasteiger charge is 2.62. The maximum Gasteiger partial charge on any atom is 0.302 e. The first-order valence-electron chi connectivity index (χ1n) is 11.5. The van der Waals surface area contributed by atoms with Gasteiger partial charge < -0.3 is 9.47 Å². The first kappa shape index (κ1) is 20.8. The minimum atomic E-state index is -0.221. The highest BCUT2D eigenvalue weighted by Crippen LogP contribution is 2.67. The van der Waals surface area contributed by atoms with Gasteiger partial charge in [-0.15, -0.1) is 6.42 Å². The first-order valence-corrected chi connectivity index (χ1v) is 11.5. The van der Waals surface area contributed by atoms with E-state index in [0.29, 0.717) is 23.7 Å². The van der Waals surface area contributed by atoms with Crippen molar-refractivity contribution >= 4 is 11.9 Å². The molecule has 0 heterocycles. The maximum absolute atomic E-state index is 11.7. The summed E-state index contributed by atoms with van der Waals surface area (Å²) in [5.74, 6) is 5.16. The summed E-state index contributed by atoms with van der Waals surface area (Å²) in [6.07, 6.45) is 14.6. The van der Waals surface area contributed by atoms with Crippen molar-refractivity contribution in [3.05, 3.63) is 0 Å². The Morgan fingerprint density at radius 3 is 2.28 bits per heavy atom. The Hall–Kier alpha value is -1.50. The van der Waals surface area contributed by atoms with E-state index in [1.807, 2.05) is 0 Å². The number of carbonyl (C=O) groups is 2. The van der Waals surface area contributed by atoms with E-state index >= 15 is 0 Å². The number of ether oxygens (including phenoxy) is 2. The van der Waals surface area contributed by atoms with E-state index in [9.17, 15) is 9.59 Å². The highest BCUT2D eigenvalue weighted by molar-refractivity contribution is 5.66. The van der Waals surface area contributed by atoms with Gasteiger partial charge in [-0.3, -0.25) is 9.59 Å². The minimum Gasteiger partial charge on any atom is -0.462 e. The predicted octanol–water partition coefficient (Wildman–Crippen LogP) is 4.75. The number of carbonyl (C=O) groups excluding carboxylic acids is 2. The molecule has 160 valence electrons. The van der Waals surface area contributed by atoms with Gasteiger partial charge in [0.15, 0.2) is 0 Å². The van der Waals surface area contributed by atoms with Crippen LogP contribution in [0.2, 0.25) is 0 Å². The lowest BCUT2D eigenvalue weighted by molar-refractivity contribution is -0.175. The summed E-state index contributed by atoms with van der Waals surface area (Å²) in [6.45, 7) is 7.83. The van der Waals surface area contributed by atoms with Crippen LogP contribution in [0, 0.1) is 52.8 Å². The molecule has 4 aliphatic carbocycles. The summed E-state index contributed by atoms with van der Waals surface area (Å²) in [4.78, 5) is 23.3. The van der Waals surface area contributed by atoms with Crippen molar-refractivity contribution in [1.29, 1.82) is 0 Å². The number of terminal acetylenes is 1. The van der Waals surface area contributed by atoms with Crippen molar-refractivity contribution < 1.29 is 19.1 Å². The molecule has 0 aromatic carbocycles. The molecule has 4 rings (SSSR count). The fraction of sp³-hybridized carbons (Fsp3) is 0.840. The van der Waals surface area contributed by atoms with Crippen molar-refractivity contribution in [3.8, 4) is 12.3 Å². The quantitative estimate of drug-likeness (QED) is 0.496. The summed E-state index contributed by atoms with van der Waals surface area (Å²) in [5.41, 5.74) is 0.290. The van der Waals surface area contributed by atoms with Crippen molar-refractivity contribution in [1.82, 2.24) is 0 Å². The van der Waals surface area contributed by atoms with Gasteiger partial charge in [-0.05, 0) is 80.5 Å². The monoisotopic (exact) mass is 400 g/mol. The molecule has 0 spiro atoms. The Morgan fingerprint density at radius 1 is 0.931 bits per heavy atom. The van der Waals surface area contributed by atoms with Gasteiger partial charge in [0.05, 0.1) is 5.92 Å². The number of hydrogen-bond donors (Lipinski definition) is 0. The van der Waals surface area contributed by atoms with Crippen LogP contribution < -0.4 is 0 Å². The fourth-order valence-corrected chi connectivity index (χ4v) is 8.13. The van der Waals surface area contributed by atoms with Crippen LogP contribution in [-0.4, -0.2) is 24.1 Å². The molecule has 4 saturated carbocycles. The fourth-order valence-electron chi connectivity index (χ4n) is 8.13. The summed E-state index contributed by atoms with van der Waals surface area (Å²) in [5, 5.41) is 0. The Kier molecular flexibility index (Phi) is 5.24. The summed E-state index contributed by atoms with van der Waals surface area (Å²) in [6, 6.07) is 0. The Labute approximate surface area is 175 Å². The van der Waals surface area contributed by atoms with Gasteiger partial charge in [-0.2, -0.15) is 0 Å². The molecule has 9 atom stereocenters. The largest absolute Gasteiger partial charge is 0.462 e. The zero-order valence-electron chi connectivity index (χ0n) is 18.4. The predicted molar refractivity (Wildman–Crippen MR) is 111 cm³/mol. The molecule has 0 aromatic heterocycles. The topological polar surface area (TPSA) is 52.6 Å².